The van der Waals surface area contributed by atoms with Gasteiger partial charge in [0.15, 0.2) is 0 Å². The third kappa shape index (κ3) is 2.99. The van der Waals surface area contributed by atoms with Crippen LogP contribution in [0.4, 0.5) is 5.69 Å². The minimum absolute atomic E-state index is 0.222. The summed E-state index contributed by atoms with van der Waals surface area (Å²) in [5.74, 6) is 0. The van der Waals surface area contributed by atoms with Gasteiger partial charge in [-0.25, -0.2) is 0 Å². The lowest BCUT2D eigenvalue weighted by Crippen LogP contribution is -2.34. The lowest BCUT2D eigenvalue weighted by Gasteiger charge is -2.21. The Kier molecular flexibility index (Phi) is 4.02. The first kappa shape index (κ1) is 12.4. The second-order valence-corrected chi connectivity index (χ2v) is 4.90. The molecule has 1 fully saturated rings. The Labute approximate surface area is 103 Å². The zero-order chi connectivity index (χ0) is 12.3. The van der Waals surface area contributed by atoms with E-state index in [-0.39, 0.29) is 6.61 Å². The molecule has 94 valence electrons. The normalized spacial score (nSPS) is 19.9. The maximum absolute atomic E-state index is 8.81. The molecule has 0 aliphatic carbocycles. The molecule has 17 heavy (non-hydrogen) atoms. The van der Waals surface area contributed by atoms with Crippen LogP contribution in [0, 0.1) is 13.8 Å². The van der Waals surface area contributed by atoms with Crippen LogP contribution >= 0.6 is 0 Å². The molecule has 1 unspecified atom stereocenters. The van der Waals surface area contributed by atoms with Gasteiger partial charge in [-0.05, 0) is 31.9 Å². The molecule has 2 rings (SSSR count). The first-order valence-electron chi connectivity index (χ1n) is 6.37. The quantitative estimate of drug-likeness (QED) is 0.828. The highest BCUT2D eigenvalue weighted by molar-refractivity contribution is 5.55. The molecule has 1 aliphatic rings. The average molecular weight is 234 g/mol. The van der Waals surface area contributed by atoms with Gasteiger partial charge in [0.2, 0.25) is 0 Å². The summed E-state index contributed by atoms with van der Waals surface area (Å²) < 4.78 is 0. The Bertz CT molecular complexity index is 378. The maximum atomic E-state index is 8.81. The maximum Gasteiger partial charge on any atom is 0.0556 e. The summed E-state index contributed by atoms with van der Waals surface area (Å²) in [6.45, 7) is 7.38. The van der Waals surface area contributed by atoms with Gasteiger partial charge in [0.25, 0.3) is 0 Å². The van der Waals surface area contributed by atoms with Crippen molar-refractivity contribution in [1.82, 2.24) is 5.32 Å². The minimum atomic E-state index is 0.222. The van der Waals surface area contributed by atoms with Crippen molar-refractivity contribution < 1.29 is 5.11 Å². The van der Waals surface area contributed by atoms with E-state index < -0.39 is 0 Å². The van der Waals surface area contributed by atoms with E-state index in [9.17, 15) is 0 Å². The van der Waals surface area contributed by atoms with Gasteiger partial charge in [-0.15, -0.1) is 0 Å². The Morgan fingerprint density at radius 3 is 2.94 bits per heavy atom. The van der Waals surface area contributed by atoms with Crippen molar-refractivity contribution in [3.63, 3.8) is 0 Å². The van der Waals surface area contributed by atoms with Gasteiger partial charge in [-0.3, -0.25) is 0 Å². The van der Waals surface area contributed by atoms with Gasteiger partial charge in [0, 0.05) is 31.4 Å². The molecule has 3 nitrogen and oxygen atoms in total. The highest BCUT2D eigenvalue weighted by Crippen LogP contribution is 2.24. The molecule has 0 amide bonds. The molecule has 3 heteroatoms. The summed E-state index contributed by atoms with van der Waals surface area (Å²) in [4.78, 5) is 2.43. The van der Waals surface area contributed by atoms with E-state index in [1.165, 1.54) is 16.8 Å². The fourth-order valence-corrected chi connectivity index (χ4v) is 2.57. The summed E-state index contributed by atoms with van der Waals surface area (Å²) in [7, 11) is 0. The highest BCUT2D eigenvalue weighted by Gasteiger charge is 2.22. The average Bonchev–Trinajstić information content (AvgIpc) is 2.75. The van der Waals surface area contributed by atoms with Gasteiger partial charge in [-0.2, -0.15) is 0 Å². The number of aryl methyl sites for hydroxylation is 2. The molecule has 1 aromatic rings. The lowest BCUT2D eigenvalue weighted by atomic mass is 10.1. The number of anilines is 1. The van der Waals surface area contributed by atoms with Crippen molar-refractivity contribution in [3.05, 3.63) is 29.3 Å². The van der Waals surface area contributed by atoms with Gasteiger partial charge in [-0.1, -0.05) is 17.7 Å². The van der Waals surface area contributed by atoms with E-state index in [2.05, 4.69) is 42.3 Å². The van der Waals surface area contributed by atoms with Crippen molar-refractivity contribution in [2.45, 2.75) is 26.3 Å². The molecule has 0 saturated carbocycles. The van der Waals surface area contributed by atoms with Crippen molar-refractivity contribution >= 4 is 5.69 Å². The third-order valence-corrected chi connectivity index (χ3v) is 3.43. The summed E-state index contributed by atoms with van der Waals surface area (Å²) in [6, 6.07) is 7.16. The van der Waals surface area contributed by atoms with E-state index >= 15 is 0 Å². The monoisotopic (exact) mass is 234 g/mol. The molecule has 2 N–H and O–H groups in total. The van der Waals surface area contributed by atoms with Crippen molar-refractivity contribution in [2.24, 2.45) is 0 Å². The minimum Gasteiger partial charge on any atom is -0.395 e. The number of aliphatic hydroxyl groups excluding tert-OH is 1. The predicted octanol–water partition coefficient (Wildman–Crippen LogP) is 1.46. The predicted molar refractivity (Wildman–Crippen MR) is 71.6 cm³/mol. The lowest BCUT2D eigenvalue weighted by molar-refractivity contribution is 0.286. The molecule has 1 aromatic carbocycles. The SMILES string of the molecule is Cc1ccc(N2CCC(NCCO)C2)c(C)c1. The Morgan fingerprint density at radius 1 is 1.41 bits per heavy atom. The van der Waals surface area contributed by atoms with Crippen LogP contribution in [0.25, 0.3) is 0 Å². The third-order valence-electron chi connectivity index (χ3n) is 3.43. The molecule has 0 radical (unpaired) electrons. The second kappa shape index (κ2) is 5.52. The number of rotatable bonds is 4. The fraction of sp³-hybridized carbons (Fsp3) is 0.571. The van der Waals surface area contributed by atoms with Crippen LogP contribution in [0.1, 0.15) is 17.5 Å². The summed E-state index contributed by atoms with van der Waals surface area (Å²) in [6.07, 6.45) is 1.16. The Morgan fingerprint density at radius 2 is 2.24 bits per heavy atom. The first-order chi connectivity index (χ1) is 8.20. The van der Waals surface area contributed by atoms with Gasteiger partial charge < -0.3 is 15.3 Å². The van der Waals surface area contributed by atoms with Crippen LogP contribution in [0.5, 0.6) is 0 Å². The van der Waals surface area contributed by atoms with Gasteiger partial charge in [0.1, 0.15) is 0 Å². The largest absolute Gasteiger partial charge is 0.395 e. The van der Waals surface area contributed by atoms with E-state index in [4.69, 9.17) is 5.11 Å². The van der Waals surface area contributed by atoms with Crippen LogP contribution in [0.15, 0.2) is 18.2 Å². The van der Waals surface area contributed by atoms with E-state index in [1.807, 2.05) is 0 Å². The van der Waals surface area contributed by atoms with Crippen LogP contribution in [0.3, 0.4) is 0 Å². The molecule has 1 atom stereocenters. The van der Waals surface area contributed by atoms with Crippen molar-refractivity contribution in [2.75, 3.05) is 31.1 Å². The van der Waals surface area contributed by atoms with Crippen molar-refractivity contribution in [3.8, 4) is 0 Å². The van der Waals surface area contributed by atoms with Crippen LogP contribution in [0.2, 0.25) is 0 Å². The molecule has 1 aliphatic heterocycles. The van der Waals surface area contributed by atoms with E-state index in [0.717, 1.165) is 19.5 Å². The van der Waals surface area contributed by atoms with E-state index in [1.54, 1.807) is 0 Å². The number of hydrogen-bond donors (Lipinski definition) is 2. The van der Waals surface area contributed by atoms with Crippen LogP contribution < -0.4 is 10.2 Å². The van der Waals surface area contributed by atoms with Crippen LogP contribution in [-0.4, -0.2) is 37.4 Å². The molecule has 0 spiro atoms. The Hall–Kier alpha value is -1.06. The number of benzene rings is 1. The van der Waals surface area contributed by atoms with Crippen molar-refractivity contribution in [1.29, 1.82) is 0 Å². The van der Waals surface area contributed by atoms with Gasteiger partial charge in [0.05, 0.1) is 6.61 Å². The zero-order valence-electron chi connectivity index (χ0n) is 10.7. The first-order valence-corrected chi connectivity index (χ1v) is 6.37. The standard InChI is InChI=1S/C14H22N2O/c1-11-3-4-14(12(2)9-11)16-7-5-13(10-16)15-6-8-17/h3-4,9,13,15,17H,5-8,10H2,1-2H3. The number of aliphatic hydroxyl groups is 1. The van der Waals surface area contributed by atoms with Crippen LogP contribution in [-0.2, 0) is 0 Å². The van der Waals surface area contributed by atoms with E-state index in [0.29, 0.717) is 12.6 Å². The Balaban J connectivity index is 2.00. The highest BCUT2D eigenvalue weighted by atomic mass is 16.3. The summed E-state index contributed by atoms with van der Waals surface area (Å²) in [5.41, 5.74) is 4.03. The molecule has 0 bridgehead atoms. The molecule has 0 aromatic heterocycles. The molecular weight excluding hydrogens is 212 g/mol. The zero-order valence-corrected chi connectivity index (χ0v) is 10.7. The summed E-state index contributed by atoms with van der Waals surface area (Å²) in [5, 5.41) is 12.2. The number of hydrogen-bond acceptors (Lipinski definition) is 3. The molecular formula is C14H22N2O. The smallest absolute Gasteiger partial charge is 0.0556 e. The molecule has 1 saturated heterocycles. The molecule has 1 heterocycles. The topological polar surface area (TPSA) is 35.5 Å². The number of nitrogens with zero attached hydrogens (tertiary/aromatic N) is 1. The summed E-state index contributed by atoms with van der Waals surface area (Å²) >= 11 is 0. The fourth-order valence-electron chi connectivity index (χ4n) is 2.57. The second-order valence-electron chi connectivity index (χ2n) is 4.90. The number of nitrogens with one attached hydrogen (secondary N) is 1. The van der Waals surface area contributed by atoms with Gasteiger partial charge >= 0.3 is 0 Å².